The van der Waals surface area contributed by atoms with E-state index in [9.17, 15) is 9.18 Å². The molecule has 0 spiro atoms. The molecule has 0 saturated carbocycles. The second kappa shape index (κ2) is 9.55. The molecule has 3 aromatic carbocycles. The second-order valence-corrected chi connectivity index (χ2v) is 7.51. The lowest BCUT2D eigenvalue weighted by molar-refractivity contribution is -0.929. The Balaban J connectivity index is 1.40. The van der Waals surface area contributed by atoms with E-state index in [1.165, 1.54) is 28.2 Å². The fourth-order valence-corrected chi connectivity index (χ4v) is 4.08. The molecule has 0 bridgehead atoms. The number of piperazine rings is 1. The van der Waals surface area contributed by atoms with Gasteiger partial charge in [0.1, 0.15) is 6.04 Å². The molecule has 5 heteroatoms. The van der Waals surface area contributed by atoms with Crippen LogP contribution in [0.3, 0.4) is 0 Å². The Kier molecular flexibility index (Phi) is 6.40. The van der Waals surface area contributed by atoms with Gasteiger partial charge in [-0.05, 0) is 12.1 Å². The Hall–Kier alpha value is -3.18. The predicted molar refractivity (Wildman–Crippen MR) is 114 cm³/mol. The maximum atomic E-state index is 13.7. The van der Waals surface area contributed by atoms with Crippen molar-refractivity contribution in [2.24, 2.45) is 0 Å². The number of rotatable bonds is 6. The van der Waals surface area contributed by atoms with Gasteiger partial charge >= 0.3 is 0 Å². The number of nitrogens with zero attached hydrogens (tertiary/aromatic N) is 1. The zero-order valence-corrected chi connectivity index (χ0v) is 16.8. The van der Waals surface area contributed by atoms with E-state index in [4.69, 9.17) is 4.74 Å². The maximum Gasteiger partial charge on any atom is 0.260 e. The van der Waals surface area contributed by atoms with Crippen molar-refractivity contribution in [2.45, 2.75) is 6.04 Å². The number of nitrogens with one attached hydrogen (secondary N) is 1. The van der Waals surface area contributed by atoms with Gasteiger partial charge in [0.25, 0.3) is 5.91 Å². The van der Waals surface area contributed by atoms with Crippen LogP contribution in [0.15, 0.2) is 84.9 Å². The monoisotopic (exact) mass is 405 g/mol. The van der Waals surface area contributed by atoms with Crippen LogP contribution in [0.2, 0.25) is 0 Å². The molecule has 0 aliphatic carbocycles. The Morgan fingerprint density at radius 3 is 1.97 bits per heavy atom. The van der Waals surface area contributed by atoms with E-state index in [0.717, 1.165) is 13.1 Å². The van der Waals surface area contributed by atoms with Crippen molar-refractivity contribution in [3.05, 3.63) is 102 Å². The Labute approximate surface area is 176 Å². The Bertz CT molecular complexity index is 918. The standard InChI is InChI=1S/C25H25FN2O2/c26-22-13-7-8-14-23(22)30-19-24(29)27-15-17-28(18-16-27)25(20-9-3-1-4-10-20)21-11-5-2-6-12-21/h1-14,25H,15-19H2/p+1. The van der Waals surface area contributed by atoms with Crippen LogP contribution in [0.5, 0.6) is 5.75 Å². The highest BCUT2D eigenvalue weighted by Gasteiger charge is 2.31. The first-order valence-corrected chi connectivity index (χ1v) is 10.3. The summed E-state index contributed by atoms with van der Waals surface area (Å²) in [7, 11) is 0. The van der Waals surface area contributed by atoms with Crippen molar-refractivity contribution >= 4 is 5.91 Å². The molecule has 0 aromatic heterocycles. The van der Waals surface area contributed by atoms with Gasteiger partial charge in [0.2, 0.25) is 0 Å². The van der Waals surface area contributed by atoms with E-state index in [1.807, 2.05) is 17.0 Å². The SMILES string of the molecule is O=C(COc1ccccc1F)N1CC[NH+](C(c2ccccc2)c2ccccc2)CC1. The molecule has 1 fully saturated rings. The number of carbonyl (C=O) groups excluding carboxylic acids is 1. The molecular weight excluding hydrogens is 379 g/mol. The molecule has 1 N–H and O–H groups in total. The van der Waals surface area contributed by atoms with Crippen LogP contribution in [0.25, 0.3) is 0 Å². The molecule has 1 aliphatic heterocycles. The summed E-state index contributed by atoms with van der Waals surface area (Å²) in [6, 6.07) is 27.4. The lowest BCUT2D eigenvalue weighted by atomic mass is 9.96. The first-order valence-electron chi connectivity index (χ1n) is 10.3. The fraction of sp³-hybridized carbons (Fsp3) is 0.240. The summed E-state index contributed by atoms with van der Waals surface area (Å²) in [5.41, 5.74) is 2.56. The van der Waals surface area contributed by atoms with Crippen LogP contribution < -0.4 is 9.64 Å². The molecule has 0 atom stereocenters. The summed E-state index contributed by atoms with van der Waals surface area (Å²) in [5, 5.41) is 0. The van der Waals surface area contributed by atoms with Crippen LogP contribution in [0, 0.1) is 5.82 Å². The zero-order chi connectivity index (χ0) is 20.8. The predicted octanol–water partition coefficient (Wildman–Crippen LogP) is 2.72. The lowest BCUT2D eigenvalue weighted by Crippen LogP contribution is -3.15. The average molecular weight is 405 g/mol. The van der Waals surface area contributed by atoms with Gasteiger partial charge in [0, 0.05) is 11.1 Å². The minimum atomic E-state index is -0.451. The molecule has 1 aliphatic rings. The maximum absolute atomic E-state index is 13.7. The third-order valence-electron chi connectivity index (χ3n) is 5.62. The molecule has 154 valence electrons. The fourth-order valence-electron chi connectivity index (χ4n) is 4.08. The van der Waals surface area contributed by atoms with Gasteiger partial charge in [-0.1, -0.05) is 72.8 Å². The van der Waals surface area contributed by atoms with Gasteiger partial charge in [-0.15, -0.1) is 0 Å². The quantitative estimate of drug-likeness (QED) is 0.684. The highest BCUT2D eigenvalue weighted by Crippen LogP contribution is 2.19. The van der Waals surface area contributed by atoms with E-state index < -0.39 is 5.82 Å². The number of halogens is 1. The summed E-state index contributed by atoms with van der Waals surface area (Å²) in [5.74, 6) is -0.440. The minimum Gasteiger partial charge on any atom is -0.481 e. The van der Waals surface area contributed by atoms with Crippen molar-refractivity contribution in [1.82, 2.24) is 4.90 Å². The first-order chi connectivity index (χ1) is 14.7. The van der Waals surface area contributed by atoms with E-state index in [1.54, 1.807) is 12.1 Å². The molecular formula is C25H26FN2O2+. The highest BCUT2D eigenvalue weighted by atomic mass is 19.1. The number of quaternary nitrogens is 1. The van der Waals surface area contributed by atoms with Crippen LogP contribution in [0.1, 0.15) is 17.2 Å². The van der Waals surface area contributed by atoms with Crippen LogP contribution >= 0.6 is 0 Å². The molecule has 4 nitrogen and oxygen atoms in total. The van der Waals surface area contributed by atoms with Crippen LogP contribution in [-0.4, -0.2) is 43.6 Å². The number of para-hydroxylation sites is 1. The normalized spacial score (nSPS) is 14.7. The molecule has 3 aromatic rings. The van der Waals surface area contributed by atoms with Crippen LogP contribution in [0.4, 0.5) is 4.39 Å². The van der Waals surface area contributed by atoms with Crippen molar-refractivity contribution in [3.8, 4) is 5.75 Å². The summed E-state index contributed by atoms with van der Waals surface area (Å²) < 4.78 is 19.1. The third kappa shape index (κ3) is 4.69. The van der Waals surface area contributed by atoms with Gasteiger partial charge in [-0.25, -0.2) is 4.39 Å². The number of benzene rings is 3. The summed E-state index contributed by atoms with van der Waals surface area (Å²) in [4.78, 5) is 15.8. The number of ether oxygens (including phenoxy) is 1. The number of hydrogen-bond acceptors (Lipinski definition) is 2. The molecule has 4 rings (SSSR count). The smallest absolute Gasteiger partial charge is 0.260 e. The molecule has 1 amide bonds. The van der Waals surface area contributed by atoms with Gasteiger partial charge in [-0.3, -0.25) is 4.79 Å². The first kappa shape index (κ1) is 20.1. The summed E-state index contributed by atoms with van der Waals surface area (Å²) in [6.07, 6.45) is 0. The molecule has 1 heterocycles. The van der Waals surface area contributed by atoms with E-state index >= 15 is 0 Å². The lowest BCUT2D eigenvalue weighted by Gasteiger charge is -2.37. The van der Waals surface area contributed by atoms with E-state index in [0.29, 0.717) is 13.1 Å². The highest BCUT2D eigenvalue weighted by molar-refractivity contribution is 5.77. The molecule has 0 unspecified atom stereocenters. The summed E-state index contributed by atoms with van der Waals surface area (Å²) in [6.45, 7) is 2.87. The zero-order valence-electron chi connectivity index (χ0n) is 16.8. The number of carbonyl (C=O) groups is 1. The third-order valence-corrected chi connectivity index (χ3v) is 5.62. The minimum absolute atomic E-state index is 0.103. The van der Waals surface area contributed by atoms with E-state index in [2.05, 4.69) is 48.5 Å². The number of amides is 1. The molecule has 0 radical (unpaired) electrons. The second-order valence-electron chi connectivity index (χ2n) is 7.51. The van der Waals surface area contributed by atoms with Gasteiger partial charge < -0.3 is 14.5 Å². The topological polar surface area (TPSA) is 34.0 Å². The van der Waals surface area contributed by atoms with Crippen molar-refractivity contribution < 1.29 is 18.8 Å². The largest absolute Gasteiger partial charge is 0.481 e. The number of hydrogen-bond donors (Lipinski definition) is 1. The molecule has 30 heavy (non-hydrogen) atoms. The van der Waals surface area contributed by atoms with Gasteiger partial charge in [-0.2, -0.15) is 0 Å². The Morgan fingerprint density at radius 2 is 1.40 bits per heavy atom. The summed E-state index contributed by atoms with van der Waals surface area (Å²) >= 11 is 0. The van der Waals surface area contributed by atoms with Gasteiger partial charge in [0.05, 0.1) is 26.2 Å². The van der Waals surface area contributed by atoms with Crippen molar-refractivity contribution in [2.75, 3.05) is 32.8 Å². The van der Waals surface area contributed by atoms with E-state index in [-0.39, 0.29) is 24.3 Å². The van der Waals surface area contributed by atoms with Crippen molar-refractivity contribution in [3.63, 3.8) is 0 Å². The van der Waals surface area contributed by atoms with Crippen molar-refractivity contribution in [1.29, 1.82) is 0 Å². The average Bonchev–Trinajstić information content (AvgIpc) is 2.80. The molecule has 1 saturated heterocycles. The van der Waals surface area contributed by atoms with Crippen LogP contribution in [-0.2, 0) is 4.79 Å². The Morgan fingerprint density at radius 1 is 0.867 bits per heavy atom. The van der Waals surface area contributed by atoms with Gasteiger partial charge in [0.15, 0.2) is 18.2 Å².